The van der Waals surface area contributed by atoms with Crippen molar-refractivity contribution in [2.75, 3.05) is 5.32 Å². The van der Waals surface area contributed by atoms with Gasteiger partial charge in [0.05, 0.1) is 16.7 Å². The Morgan fingerprint density at radius 3 is 2.42 bits per heavy atom. The molecule has 1 N–H and O–H groups in total. The largest absolute Gasteiger partial charge is 0.366 e. The van der Waals surface area contributed by atoms with Crippen LogP contribution >= 0.6 is 0 Å². The van der Waals surface area contributed by atoms with Gasteiger partial charge in [0.2, 0.25) is 0 Å². The van der Waals surface area contributed by atoms with E-state index < -0.39 is 0 Å². The van der Waals surface area contributed by atoms with E-state index in [4.69, 9.17) is 4.98 Å². The summed E-state index contributed by atoms with van der Waals surface area (Å²) in [6, 6.07) is 8.53. The van der Waals surface area contributed by atoms with Crippen LogP contribution in [-0.4, -0.2) is 16.0 Å². The van der Waals surface area contributed by atoms with Gasteiger partial charge in [0.25, 0.3) is 0 Å². The number of nitrogens with zero attached hydrogens (tertiary/aromatic N) is 2. The van der Waals surface area contributed by atoms with Crippen molar-refractivity contribution >= 4 is 16.9 Å². The summed E-state index contributed by atoms with van der Waals surface area (Å²) in [4.78, 5) is 9.34. The average molecular weight is 255 g/mol. The van der Waals surface area contributed by atoms with Gasteiger partial charge < -0.3 is 5.32 Å². The number of hydrogen-bond donors (Lipinski definition) is 1. The van der Waals surface area contributed by atoms with Crippen molar-refractivity contribution in [1.29, 1.82) is 0 Å². The predicted molar refractivity (Wildman–Crippen MR) is 79.3 cm³/mol. The number of aromatic nitrogens is 2. The molecule has 1 aromatic heterocycles. The predicted octanol–water partition coefficient (Wildman–Crippen LogP) is 3.93. The maximum atomic E-state index is 4.71. The van der Waals surface area contributed by atoms with Crippen LogP contribution in [0.1, 0.15) is 38.3 Å². The van der Waals surface area contributed by atoms with Gasteiger partial charge in [-0.15, -0.1) is 0 Å². The molecule has 0 saturated heterocycles. The minimum absolute atomic E-state index is 0.483. The quantitative estimate of drug-likeness (QED) is 0.903. The first-order valence-electron chi connectivity index (χ1n) is 7.24. The van der Waals surface area contributed by atoms with Crippen molar-refractivity contribution in [3.63, 3.8) is 0 Å². The molecule has 0 amide bonds. The molecule has 1 heterocycles. The van der Waals surface area contributed by atoms with Crippen molar-refractivity contribution in [2.24, 2.45) is 5.92 Å². The van der Waals surface area contributed by atoms with Gasteiger partial charge in [0.15, 0.2) is 0 Å². The van der Waals surface area contributed by atoms with E-state index in [-0.39, 0.29) is 0 Å². The molecule has 0 bridgehead atoms. The van der Waals surface area contributed by atoms with Crippen LogP contribution in [0.4, 0.5) is 5.82 Å². The Morgan fingerprint density at radius 1 is 1.11 bits per heavy atom. The Labute approximate surface area is 114 Å². The third kappa shape index (κ3) is 2.55. The molecular formula is C16H21N3. The summed E-state index contributed by atoms with van der Waals surface area (Å²) in [5.74, 6) is 1.73. The van der Waals surface area contributed by atoms with Crippen molar-refractivity contribution in [3.05, 3.63) is 30.0 Å². The van der Waals surface area contributed by atoms with Gasteiger partial charge in [-0.1, -0.05) is 25.0 Å². The summed E-state index contributed by atoms with van der Waals surface area (Å²) in [6.07, 6.45) is 5.43. The second kappa shape index (κ2) is 5.16. The Hall–Kier alpha value is -1.64. The van der Waals surface area contributed by atoms with E-state index in [0.29, 0.717) is 6.04 Å². The summed E-state index contributed by atoms with van der Waals surface area (Å²) in [5.41, 5.74) is 2.93. The molecule has 100 valence electrons. The smallest absolute Gasteiger partial charge is 0.148 e. The van der Waals surface area contributed by atoms with Gasteiger partial charge in [-0.25, -0.2) is 9.97 Å². The van der Waals surface area contributed by atoms with E-state index in [9.17, 15) is 0 Å². The monoisotopic (exact) mass is 255 g/mol. The second-order valence-corrected chi connectivity index (χ2v) is 5.62. The summed E-state index contributed by atoms with van der Waals surface area (Å²) >= 11 is 0. The number of benzene rings is 1. The third-order valence-corrected chi connectivity index (χ3v) is 4.22. The lowest BCUT2D eigenvalue weighted by atomic mass is 10.00. The van der Waals surface area contributed by atoms with E-state index in [1.54, 1.807) is 0 Å². The highest BCUT2D eigenvalue weighted by Crippen LogP contribution is 2.29. The van der Waals surface area contributed by atoms with Crippen molar-refractivity contribution in [1.82, 2.24) is 9.97 Å². The lowest BCUT2D eigenvalue weighted by molar-refractivity contribution is 0.481. The van der Waals surface area contributed by atoms with E-state index in [0.717, 1.165) is 28.5 Å². The molecule has 1 saturated carbocycles. The first kappa shape index (κ1) is 12.4. The summed E-state index contributed by atoms with van der Waals surface area (Å²) in [7, 11) is 0. The fraction of sp³-hybridized carbons (Fsp3) is 0.500. The number of nitrogens with one attached hydrogen (secondary N) is 1. The van der Waals surface area contributed by atoms with Gasteiger partial charge in [-0.2, -0.15) is 0 Å². The topological polar surface area (TPSA) is 37.8 Å². The second-order valence-electron chi connectivity index (χ2n) is 5.62. The van der Waals surface area contributed by atoms with E-state index in [1.165, 1.54) is 25.7 Å². The lowest BCUT2D eigenvalue weighted by Crippen LogP contribution is -2.25. The lowest BCUT2D eigenvalue weighted by Gasteiger charge is -2.21. The zero-order valence-corrected chi connectivity index (χ0v) is 11.7. The minimum Gasteiger partial charge on any atom is -0.366 e. The van der Waals surface area contributed by atoms with E-state index >= 15 is 0 Å². The number of anilines is 1. The number of para-hydroxylation sites is 2. The fourth-order valence-electron chi connectivity index (χ4n) is 3.02. The van der Waals surface area contributed by atoms with Crippen LogP contribution in [-0.2, 0) is 0 Å². The maximum Gasteiger partial charge on any atom is 0.148 e. The Balaban J connectivity index is 1.85. The van der Waals surface area contributed by atoms with Gasteiger partial charge in [0, 0.05) is 6.04 Å². The molecular weight excluding hydrogens is 234 g/mol. The molecule has 1 atom stereocenters. The van der Waals surface area contributed by atoms with Gasteiger partial charge in [0.1, 0.15) is 5.82 Å². The van der Waals surface area contributed by atoms with Crippen LogP contribution in [0.5, 0.6) is 0 Å². The average Bonchev–Trinajstić information content (AvgIpc) is 2.93. The molecule has 0 spiro atoms. The first-order valence-corrected chi connectivity index (χ1v) is 7.24. The SMILES string of the molecule is Cc1nc2ccccc2nc1NC(C)C1CCCC1. The molecule has 1 fully saturated rings. The standard InChI is InChI=1S/C16H21N3/c1-11(13-7-3-4-8-13)18-16-12(2)17-14-9-5-6-10-15(14)19-16/h5-6,9-11,13H,3-4,7-8H2,1-2H3,(H,18,19). The number of fused-ring (bicyclic) bond motifs is 1. The van der Waals surface area contributed by atoms with Crippen molar-refractivity contribution in [3.8, 4) is 0 Å². The number of hydrogen-bond acceptors (Lipinski definition) is 3. The summed E-state index contributed by atoms with van der Waals surface area (Å²) in [6.45, 7) is 4.30. The summed E-state index contributed by atoms with van der Waals surface area (Å²) < 4.78 is 0. The molecule has 3 heteroatoms. The maximum absolute atomic E-state index is 4.71. The van der Waals surface area contributed by atoms with E-state index in [2.05, 4.69) is 17.2 Å². The van der Waals surface area contributed by atoms with Crippen LogP contribution in [0.15, 0.2) is 24.3 Å². The highest BCUT2D eigenvalue weighted by molar-refractivity contribution is 5.76. The normalized spacial score (nSPS) is 17.8. The molecule has 19 heavy (non-hydrogen) atoms. The van der Waals surface area contributed by atoms with Gasteiger partial charge in [-0.05, 0) is 44.7 Å². The summed E-state index contributed by atoms with van der Waals surface area (Å²) in [5, 5.41) is 3.57. The number of rotatable bonds is 3. The van der Waals surface area contributed by atoms with Crippen molar-refractivity contribution < 1.29 is 0 Å². The molecule has 3 nitrogen and oxygen atoms in total. The first-order chi connectivity index (χ1) is 9.24. The van der Waals surface area contributed by atoms with Gasteiger partial charge >= 0.3 is 0 Å². The Kier molecular flexibility index (Phi) is 3.36. The molecule has 0 radical (unpaired) electrons. The highest BCUT2D eigenvalue weighted by atomic mass is 15.0. The van der Waals surface area contributed by atoms with Crippen LogP contribution in [0.3, 0.4) is 0 Å². The Bertz CT molecular complexity index is 573. The molecule has 2 aromatic rings. The third-order valence-electron chi connectivity index (χ3n) is 4.22. The fourth-order valence-corrected chi connectivity index (χ4v) is 3.02. The van der Waals surface area contributed by atoms with E-state index in [1.807, 2.05) is 31.2 Å². The minimum atomic E-state index is 0.483. The molecule has 3 rings (SSSR count). The number of aryl methyl sites for hydroxylation is 1. The molecule has 1 aliphatic carbocycles. The van der Waals surface area contributed by atoms with Crippen LogP contribution in [0, 0.1) is 12.8 Å². The Morgan fingerprint density at radius 2 is 1.74 bits per heavy atom. The molecule has 1 aliphatic rings. The van der Waals surface area contributed by atoms with Crippen molar-refractivity contribution in [2.45, 2.75) is 45.6 Å². The zero-order valence-electron chi connectivity index (χ0n) is 11.7. The van der Waals surface area contributed by atoms with Crippen LogP contribution < -0.4 is 5.32 Å². The zero-order chi connectivity index (χ0) is 13.2. The molecule has 1 aromatic carbocycles. The van der Waals surface area contributed by atoms with Crippen LogP contribution in [0.2, 0.25) is 0 Å². The van der Waals surface area contributed by atoms with Crippen LogP contribution in [0.25, 0.3) is 11.0 Å². The van der Waals surface area contributed by atoms with Gasteiger partial charge in [-0.3, -0.25) is 0 Å². The highest BCUT2D eigenvalue weighted by Gasteiger charge is 2.22. The molecule has 1 unspecified atom stereocenters. The molecule has 0 aliphatic heterocycles.